The number of para-hydroxylation sites is 1. The van der Waals surface area contributed by atoms with Crippen molar-refractivity contribution in [3.63, 3.8) is 0 Å². The van der Waals surface area contributed by atoms with Gasteiger partial charge in [0.1, 0.15) is 0 Å². The number of benzene rings is 1. The molecule has 1 atom stereocenters. The molecule has 1 aromatic rings. The van der Waals surface area contributed by atoms with E-state index in [4.69, 9.17) is 4.99 Å². The molecule has 0 spiro atoms. The molecule has 0 fully saturated rings. The van der Waals surface area contributed by atoms with Gasteiger partial charge in [0.05, 0.1) is 16.8 Å². The largest absolute Gasteiger partial charge is 0.251 e. The SMILES string of the molecule is CC1=CC2(C)C(=Nc3c(C)cccc32)C(C)=C1. The summed E-state index contributed by atoms with van der Waals surface area (Å²) in [5, 5.41) is 0. The quantitative estimate of drug-likeness (QED) is 0.623. The van der Waals surface area contributed by atoms with E-state index in [0.717, 1.165) is 0 Å². The number of hydrogen-bond acceptors (Lipinski definition) is 1. The van der Waals surface area contributed by atoms with Crippen LogP contribution in [0, 0.1) is 6.92 Å². The van der Waals surface area contributed by atoms with E-state index in [9.17, 15) is 0 Å². The topological polar surface area (TPSA) is 12.4 Å². The maximum atomic E-state index is 4.86. The molecule has 86 valence electrons. The zero-order valence-electron chi connectivity index (χ0n) is 10.8. The smallest absolute Gasteiger partial charge is 0.0707 e. The second kappa shape index (κ2) is 3.19. The van der Waals surface area contributed by atoms with Crippen molar-refractivity contribution in [1.82, 2.24) is 0 Å². The maximum Gasteiger partial charge on any atom is 0.0707 e. The first-order chi connectivity index (χ1) is 8.02. The fourth-order valence-corrected chi connectivity index (χ4v) is 3.13. The van der Waals surface area contributed by atoms with Crippen molar-refractivity contribution >= 4 is 11.4 Å². The molecule has 1 heteroatoms. The standard InChI is InChI=1S/C16H17N/c1-10-8-12(3)15-16(4,9-10)13-7-5-6-11(2)14(13)17-15/h5-9H,1-4H3. The van der Waals surface area contributed by atoms with Gasteiger partial charge in [-0.15, -0.1) is 0 Å². The Morgan fingerprint density at radius 1 is 1.12 bits per heavy atom. The molecular formula is C16H17N. The van der Waals surface area contributed by atoms with Gasteiger partial charge in [0.25, 0.3) is 0 Å². The Balaban J connectivity index is 2.33. The number of aryl methyl sites for hydroxylation is 1. The van der Waals surface area contributed by atoms with Crippen molar-refractivity contribution in [3.8, 4) is 0 Å². The molecule has 0 saturated heterocycles. The molecular weight excluding hydrogens is 206 g/mol. The van der Waals surface area contributed by atoms with Gasteiger partial charge in [0.15, 0.2) is 0 Å². The summed E-state index contributed by atoms with van der Waals surface area (Å²) in [6.45, 7) is 8.74. The summed E-state index contributed by atoms with van der Waals surface area (Å²) in [6.07, 6.45) is 4.56. The zero-order chi connectivity index (χ0) is 12.2. The first-order valence-corrected chi connectivity index (χ1v) is 6.10. The molecule has 3 rings (SSSR count). The lowest BCUT2D eigenvalue weighted by atomic mass is 9.73. The Bertz CT molecular complexity index is 602. The minimum atomic E-state index is -0.0235. The van der Waals surface area contributed by atoms with Gasteiger partial charge in [0, 0.05) is 0 Å². The molecule has 0 bridgehead atoms. The van der Waals surface area contributed by atoms with Crippen molar-refractivity contribution < 1.29 is 0 Å². The lowest BCUT2D eigenvalue weighted by molar-refractivity contribution is 0.816. The van der Waals surface area contributed by atoms with Crippen molar-refractivity contribution in [2.24, 2.45) is 4.99 Å². The third-order valence-corrected chi connectivity index (χ3v) is 3.85. The Morgan fingerprint density at radius 3 is 2.65 bits per heavy atom. The van der Waals surface area contributed by atoms with Crippen LogP contribution < -0.4 is 0 Å². The molecule has 1 aromatic carbocycles. The summed E-state index contributed by atoms with van der Waals surface area (Å²) >= 11 is 0. The highest BCUT2D eigenvalue weighted by molar-refractivity contribution is 6.14. The first kappa shape index (κ1) is 10.5. The van der Waals surface area contributed by atoms with E-state index in [0.29, 0.717) is 0 Å². The first-order valence-electron chi connectivity index (χ1n) is 6.10. The number of fused-ring (bicyclic) bond motifs is 3. The number of hydrogen-bond donors (Lipinski definition) is 0. The number of aliphatic imine (C=N–C) groups is 1. The average Bonchev–Trinajstić information content (AvgIpc) is 2.53. The summed E-state index contributed by atoms with van der Waals surface area (Å²) < 4.78 is 0. The van der Waals surface area contributed by atoms with Crippen LogP contribution in [-0.2, 0) is 5.41 Å². The van der Waals surface area contributed by atoms with Gasteiger partial charge in [0.2, 0.25) is 0 Å². The summed E-state index contributed by atoms with van der Waals surface area (Å²) in [5.74, 6) is 0. The minimum absolute atomic E-state index is 0.0235. The Hall–Kier alpha value is -1.63. The molecule has 2 aliphatic rings. The van der Waals surface area contributed by atoms with E-state index >= 15 is 0 Å². The minimum Gasteiger partial charge on any atom is -0.251 e. The van der Waals surface area contributed by atoms with E-state index in [1.807, 2.05) is 0 Å². The van der Waals surface area contributed by atoms with Gasteiger partial charge >= 0.3 is 0 Å². The number of allylic oxidation sites excluding steroid dienone is 4. The van der Waals surface area contributed by atoms with Crippen LogP contribution in [0.4, 0.5) is 5.69 Å². The molecule has 0 aromatic heterocycles. The summed E-state index contributed by atoms with van der Waals surface area (Å²) in [4.78, 5) is 4.86. The van der Waals surface area contributed by atoms with Gasteiger partial charge in [-0.2, -0.15) is 0 Å². The molecule has 0 amide bonds. The summed E-state index contributed by atoms with van der Waals surface area (Å²) in [6, 6.07) is 6.48. The van der Waals surface area contributed by atoms with E-state index < -0.39 is 0 Å². The summed E-state index contributed by atoms with van der Waals surface area (Å²) in [7, 11) is 0. The highest BCUT2D eigenvalue weighted by atomic mass is 14.8. The number of rotatable bonds is 0. The van der Waals surface area contributed by atoms with E-state index in [1.54, 1.807) is 0 Å². The molecule has 1 aliphatic carbocycles. The van der Waals surface area contributed by atoms with E-state index in [-0.39, 0.29) is 5.41 Å². The Labute approximate surface area is 103 Å². The van der Waals surface area contributed by atoms with Gasteiger partial charge in [-0.1, -0.05) is 35.9 Å². The van der Waals surface area contributed by atoms with Crippen LogP contribution in [0.3, 0.4) is 0 Å². The molecule has 17 heavy (non-hydrogen) atoms. The Morgan fingerprint density at radius 2 is 1.88 bits per heavy atom. The van der Waals surface area contributed by atoms with Gasteiger partial charge < -0.3 is 0 Å². The van der Waals surface area contributed by atoms with Crippen molar-refractivity contribution in [2.45, 2.75) is 33.1 Å². The van der Waals surface area contributed by atoms with Crippen molar-refractivity contribution in [2.75, 3.05) is 0 Å². The molecule has 1 unspecified atom stereocenters. The summed E-state index contributed by atoms with van der Waals surface area (Å²) in [5.41, 5.74) is 7.60. The van der Waals surface area contributed by atoms with Crippen LogP contribution in [0.25, 0.3) is 0 Å². The van der Waals surface area contributed by atoms with Crippen LogP contribution in [0.5, 0.6) is 0 Å². The van der Waals surface area contributed by atoms with E-state index in [2.05, 4.69) is 58.0 Å². The molecule has 1 aliphatic heterocycles. The predicted octanol–water partition coefficient (Wildman–Crippen LogP) is 4.25. The maximum absolute atomic E-state index is 4.86. The van der Waals surface area contributed by atoms with Crippen molar-refractivity contribution in [3.05, 3.63) is 52.6 Å². The lowest BCUT2D eigenvalue weighted by Gasteiger charge is -2.28. The van der Waals surface area contributed by atoms with Crippen LogP contribution in [0.15, 0.2) is 46.5 Å². The van der Waals surface area contributed by atoms with Crippen LogP contribution >= 0.6 is 0 Å². The van der Waals surface area contributed by atoms with Crippen LogP contribution in [0.2, 0.25) is 0 Å². The molecule has 1 nitrogen and oxygen atoms in total. The van der Waals surface area contributed by atoms with Gasteiger partial charge in [-0.05, 0) is 44.4 Å². The second-order valence-electron chi connectivity index (χ2n) is 5.35. The predicted molar refractivity (Wildman–Crippen MR) is 73.1 cm³/mol. The molecule has 0 N–H and O–H groups in total. The van der Waals surface area contributed by atoms with E-state index in [1.165, 1.54) is 33.7 Å². The zero-order valence-corrected chi connectivity index (χ0v) is 10.8. The fraction of sp³-hybridized carbons (Fsp3) is 0.312. The highest BCUT2D eigenvalue weighted by Gasteiger charge is 2.40. The van der Waals surface area contributed by atoms with Gasteiger partial charge in [-0.3, -0.25) is 4.99 Å². The Kier molecular flexibility index (Phi) is 1.97. The monoisotopic (exact) mass is 223 g/mol. The highest BCUT2D eigenvalue weighted by Crippen LogP contribution is 2.46. The van der Waals surface area contributed by atoms with Crippen LogP contribution in [-0.4, -0.2) is 5.71 Å². The van der Waals surface area contributed by atoms with Crippen molar-refractivity contribution in [1.29, 1.82) is 0 Å². The second-order valence-corrected chi connectivity index (χ2v) is 5.35. The average molecular weight is 223 g/mol. The fourth-order valence-electron chi connectivity index (χ4n) is 3.13. The molecule has 0 radical (unpaired) electrons. The molecule has 1 heterocycles. The third-order valence-electron chi connectivity index (χ3n) is 3.85. The van der Waals surface area contributed by atoms with Gasteiger partial charge in [-0.25, -0.2) is 0 Å². The number of nitrogens with zero attached hydrogens (tertiary/aromatic N) is 1. The normalized spacial score (nSPS) is 25.8. The third kappa shape index (κ3) is 1.28. The molecule has 0 saturated carbocycles. The lowest BCUT2D eigenvalue weighted by Crippen LogP contribution is -2.30. The van der Waals surface area contributed by atoms with Crippen LogP contribution in [0.1, 0.15) is 31.9 Å².